The fraction of sp³-hybridized carbons (Fsp3) is 0.800. The molecule has 1 rings (SSSR count). The van der Waals surface area contributed by atoms with Gasteiger partial charge in [0.1, 0.15) is 5.54 Å². The highest BCUT2D eigenvalue weighted by molar-refractivity contribution is 5.87. The van der Waals surface area contributed by atoms with Crippen molar-refractivity contribution in [1.82, 2.24) is 5.32 Å². The number of unbranched alkanes of at least 4 members (excludes halogenated alkanes) is 1. The van der Waals surface area contributed by atoms with E-state index in [9.17, 15) is 9.59 Å². The predicted octanol–water partition coefficient (Wildman–Crippen LogP) is 0.239. The zero-order valence-electron chi connectivity index (χ0n) is 8.79. The van der Waals surface area contributed by atoms with E-state index in [0.717, 1.165) is 19.3 Å². The van der Waals surface area contributed by atoms with Crippen LogP contribution in [0, 0.1) is 0 Å². The monoisotopic (exact) mass is 214 g/mol. The first-order valence-electron chi connectivity index (χ1n) is 5.35. The van der Waals surface area contributed by atoms with Gasteiger partial charge in [-0.3, -0.25) is 4.79 Å². The van der Waals surface area contributed by atoms with Gasteiger partial charge in [-0.1, -0.05) is 0 Å². The Balaban J connectivity index is 2.32. The minimum absolute atomic E-state index is 0.175. The third-order valence-corrected chi connectivity index (χ3v) is 2.85. The lowest BCUT2D eigenvalue weighted by Crippen LogP contribution is -2.59. The number of carbonyl (C=O) groups is 2. The van der Waals surface area contributed by atoms with Crippen LogP contribution in [-0.4, -0.2) is 29.1 Å². The van der Waals surface area contributed by atoms with Gasteiger partial charge in [-0.05, 0) is 38.6 Å². The first-order valence-corrected chi connectivity index (χ1v) is 5.35. The van der Waals surface area contributed by atoms with Crippen molar-refractivity contribution < 1.29 is 14.7 Å². The van der Waals surface area contributed by atoms with Crippen molar-refractivity contribution >= 4 is 11.9 Å². The Labute approximate surface area is 89.0 Å². The minimum atomic E-state index is -0.972. The molecule has 0 unspecified atom stereocenters. The van der Waals surface area contributed by atoms with Crippen molar-refractivity contribution in [1.29, 1.82) is 0 Å². The molecule has 0 bridgehead atoms. The topological polar surface area (TPSA) is 92.4 Å². The molecule has 0 heterocycles. The molecule has 0 aromatic heterocycles. The van der Waals surface area contributed by atoms with Crippen LogP contribution in [-0.2, 0) is 9.59 Å². The Bertz CT molecular complexity index is 249. The normalized spacial score (nSPS) is 17.9. The molecule has 86 valence electrons. The Morgan fingerprint density at radius 1 is 1.33 bits per heavy atom. The lowest BCUT2D eigenvalue weighted by atomic mass is 9.76. The van der Waals surface area contributed by atoms with Crippen LogP contribution in [0.25, 0.3) is 0 Å². The maximum atomic E-state index is 11.4. The van der Waals surface area contributed by atoms with Gasteiger partial charge in [0, 0.05) is 6.42 Å². The van der Waals surface area contributed by atoms with Gasteiger partial charge in [-0.15, -0.1) is 0 Å². The molecule has 0 atom stereocenters. The van der Waals surface area contributed by atoms with E-state index in [2.05, 4.69) is 5.32 Å². The second kappa shape index (κ2) is 5.11. The molecule has 4 N–H and O–H groups in total. The zero-order valence-corrected chi connectivity index (χ0v) is 8.79. The van der Waals surface area contributed by atoms with E-state index >= 15 is 0 Å². The van der Waals surface area contributed by atoms with Gasteiger partial charge in [0.2, 0.25) is 5.91 Å². The Hall–Kier alpha value is -1.10. The number of hydrogen-bond donors (Lipinski definition) is 3. The number of hydrogen-bond acceptors (Lipinski definition) is 3. The molecule has 1 aliphatic rings. The molecule has 0 aliphatic heterocycles. The molecule has 0 aromatic rings. The Morgan fingerprint density at radius 3 is 2.40 bits per heavy atom. The van der Waals surface area contributed by atoms with E-state index in [1.165, 1.54) is 0 Å². The van der Waals surface area contributed by atoms with Gasteiger partial charge in [0.25, 0.3) is 0 Å². The molecule has 1 saturated carbocycles. The second-order valence-electron chi connectivity index (χ2n) is 4.03. The number of carboxylic acids is 1. The zero-order chi connectivity index (χ0) is 11.3. The van der Waals surface area contributed by atoms with E-state index < -0.39 is 11.5 Å². The van der Waals surface area contributed by atoms with Crippen molar-refractivity contribution in [3.8, 4) is 0 Å². The smallest absolute Gasteiger partial charge is 0.329 e. The van der Waals surface area contributed by atoms with E-state index in [0.29, 0.717) is 25.8 Å². The predicted molar refractivity (Wildman–Crippen MR) is 55.3 cm³/mol. The van der Waals surface area contributed by atoms with E-state index in [1.807, 2.05) is 0 Å². The number of amides is 1. The van der Waals surface area contributed by atoms with Gasteiger partial charge < -0.3 is 16.2 Å². The van der Waals surface area contributed by atoms with Crippen molar-refractivity contribution in [2.75, 3.05) is 6.54 Å². The number of rotatable bonds is 6. The first kappa shape index (κ1) is 12.0. The molecular weight excluding hydrogens is 196 g/mol. The Morgan fingerprint density at radius 2 is 2.00 bits per heavy atom. The molecule has 0 spiro atoms. The average Bonchev–Trinajstić information content (AvgIpc) is 2.11. The van der Waals surface area contributed by atoms with Crippen LogP contribution in [0.5, 0.6) is 0 Å². The number of aliphatic carboxylic acids is 1. The summed E-state index contributed by atoms with van der Waals surface area (Å²) in [6.45, 7) is 0.567. The molecule has 5 heteroatoms. The molecular formula is C10H18N2O3. The summed E-state index contributed by atoms with van der Waals surface area (Å²) in [7, 11) is 0. The summed E-state index contributed by atoms with van der Waals surface area (Å²) in [6, 6.07) is 0. The van der Waals surface area contributed by atoms with E-state index in [-0.39, 0.29) is 5.91 Å². The largest absolute Gasteiger partial charge is 0.480 e. The van der Waals surface area contributed by atoms with Crippen LogP contribution in [0.15, 0.2) is 0 Å². The van der Waals surface area contributed by atoms with Crippen LogP contribution >= 0.6 is 0 Å². The summed E-state index contributed by atoms with van der Waals surface area (Å²) in [4.78, 5) is 22.3. The van der Waals surface area contributed by atoms with Crippen molar-refractivity contribution in [3.63, 3.8) is 0 Å². The van der Waals surface area contributed by atoms with Crippen LogP contribution in [0.4, 0.5) is 0 Å². The molecule has 0 aromatic carbocycles. The number of nitrogens with one attached hydrogen (secondary N) is 1. The van der Waals surface area contributed by atoms with Gasteiger partial charge in [0.05, 0.1) is 0 Å². The second-order valence-corrected chi connectivity index (χ2v) is 4.03. The number of nitrogens with two attached hydrogens (primary N) is 1. The molecule has 15 heavy (non-hydrogen) atoms. The third-order valence-electron chi connectivity index (χ3n) is 2.85. The number of carboxylic acid groups (broad SMARTS) is 1. The summed E-state index contributed by atoms with van der Waals surface area (Å²) in [5.74, 6) is -1.09. The standard InChI is InChI=1S/C10H18N2O3/c11-7-2-1-4-8(13)12-10(9(14)15)5-3-6-10/h1-7,11H2,(H,12,13)(H,14,15). The quantitative estimate of drug-likeness (QED) is 0.552. The van der Waals surface area contributed by atoms with Gasteiger partial charge >= 0.3 is 5.97 Å². The summed E-state index contributed by atoms with van der Waals surface area (Å²) in [5, 5.41) is 11.6. The fourth-order valence-corrected chi connectivity index (χ4v) is 1.68. The van der Waals surface area contributed by atoms with Crippen LogP contribution in [0.3, 0.4) is 0 Å². The molecule has 5 nitrogen and oxygen atoms in total. The van der Waals surface area contributed by atoms with Gasteiger partial charge in [-0.25, -0.2) is 4.79 Å². The fourth-order valence-electron chi connectivity index (χ4n) is 1.68. The lowest BCUT2D eigenvalue weighted by Gasteiger charge is -2.38. The summed E-state index contributed by atoms with van der Waals surface area (Å²) in [6.07, 6.45) is 3.85. The first-order chi connectivity index (χ1) is 7.10. The lowest BCUT2D eigenvalue weighted by molar-refractivity contribution is -0.151. The minimum Gasteiger partial charge on any atom is -0.480 e. The van der Waals surface area contributed by atoms with Crippen LogP contribution in [0.2, 0.25) is 0 Å². The molecule has 1 amide bonds. The SMILES string of the molecule is NCCCCC(=O)NC1(C(=O)O)CCC1. The molecule has 0 radical (unpaired) electrons. The highest BCUT2D eigenvalue weighted by atomic mass is 16.4. The van der Waals surface area contributed by atoms with Crippen LogP contribution in [0.1, 0.15) is 38.5 Å². The van der Waals surface area contributed by atoms with Gasteiger partial charge in [0.15, 0.2) is 0 Å². The van der Waals surface area contributed by atoms with E-state index in [1.54, 1.807) is 0 Å². The van der Waals surface area contributed by atoms with E-state index in [4.69, 9.17) is 10.8 Å². The number of carbonyl (C=O) groups excluding carboxylic acids is 1. The third kappa shape index (κ3) is 2.92. The summed E-state index contributed by atoms with van der Waals surface area (Å²) in [5.41, 5.74) is 4.33. The molecule has 1 fully saturated rings. The molecule has 0 saturated heterocycles. The van der Waals surface area contributed by atoms with Gasteiger partial charge in [-0.2, -0.15) is 0 Å². The summed E-state index contributed by atoms with van der Waals surface area (Å²) < 4.78 is 0. The highest BCUT2D eigenvalue weighted by Crippen LogP contribution is 2.32. The van der Waals surface area contributed by atoms with Crippen molar-refractivity contribution in [2.24, 2.45) is 5.73 Å². The van der Waals surface area contributed by atoms with Crippen molar-refractivity contribution in [2.45, 2.75) is 44.1 Å². The molecule has 1 aliphatic carbocycles. The highest BCUT2D eigenvalue weighted by Gasteiger charge is 2.45. The Kier molecular flexibility index (Phi) is 4.08. The summed E-state index contributed by atoms with van der Waals surface area (Å²) >= 11 is 0. The van der Waals surface area contributed by atoms with Crippen molar-refractivity contribution in [3.05, 3.63) is 0 Å². The van der Waals surface area contributed by atoms with Crippen LogP contribution < -0.4 is 11.1 Å². The maximum Gasteiger partial charge on any atom is 0.329 e. The maximum absolute atomic E-state index is 11.4. The average molecular weight is 214 g/mol.